The van der Waals surface area contributed by atoms with Gasteiger partial charge in [0.1, 0.15) is 0 Å². The van der Waals surface area contributed by atoms with Gasteiger partial charge in [0.25, 0.3) is 0 Å². The molecule has 0 radical (unpaired) electrons. The van der Waals surface area contributed by atoms with Gasteiger partial charge >= 0.3 is 5.97 Å². The molecule has 2 atom stereocenters. The summed E-state index contributed by atoms with van der Waals surface area (Å²) in [5, 5.41) is 14.8. The second kappa shape index (κ2) is 6.37. The van der Waals surface area contributed by atoms with E-state index >= 15 is 0 Å². The zero-order valence-corrected chi connectivity index (χ0v) is 14.0. The van der Waals surface area contributed by atoms with E-state index in [2.05, 4.69) is 10.6 Å². The Hall–Kier alpha value is -1.79. The van der Waals surface area contributed by atoms with Crippen molar-refractivity contribution in [3.63, 3.8) is 0 Å². The second-order valence-corrected chi connectivity index (χ2v) is 6.85. The molecule has 2 rings (SSSR count). The largest absolute Gasteiger partial charge is 0.481 e. The molecule has 3 N–H and O–H groups in total. The first-order chi connectivity index (χ1) is 10.6. The Labute approximate surface area is 143 Å². The number of carbonyl (C=O) groups is 3. The van der Waals surface area contributed by atoms with Gasteiger partial charge in [-0.15, -0.1) is 0 Å². The Morgan fingerprint density at radius 1 is 1.22 bits per heavy atom. The topological polar surface area (TPSA) is 95.5 Å². The van der Waals surface area contributed by atoms with E-state index in [0.717, 1.165) is 0 Å². The van der Waals surface area contributed by atoms with Crippen LogP contribution in [0.2, 0.25) is 10.0 Å². The van der Waals surface area contributed by atoms with E-state index in [9.17, 15) is 14.4 Å². The summed E-state index contributed by atoms with van der Waals surface area (Å²) in [5.74, 6) is -3.30. The van der Waals surface area contributed by atoms with E-state index in [1.54, 1.807) is 26.0 Å². The van der Waals surface area contributed by atoms with Crippen LogP contribution >= 0.6 is 23.2 Å². The number of carboxylic acid groups (broad SMARTS) is 1. The molecule has 0 bridgehead atoms. The van der Waals surface area contributed by atoms with E-state index in [4.69, 9.17) is 28.3 Å². The summed E-state index contributed by atoms with van der Waals surface area (Å²) in [6.07, 6.45) is 0. The highest BCUT2D eigenvalue weighted by Gasteiger charge is 2.65. The number of halogens is 2. The number of rotatable bonds is 5. The number of carboxylic acids is 1. The average Bonchev–Trinajstić information content (AvgIpc) is 3.03. The maximum Gasteiger partial charge on any atom is 0.307 e. The molecule has 0 aromatic heterocycles. The van der Waals surface area contributed by atoms with Gasteiger partial charge in [-0.2, -0.15) is 0 Å². The number of anilines is 1. The van der Waals surface area contributed by atoms with Crippen LogP contribution in [0.1, 0.15) is 13.8 Å². The summed E-state index contributed by atoms with van der Waals surface area (Å²) in [6, 6.07) is 4.62. The lowest BCUT2D eigenvalue weighted by atomic mass is 10.1. The number of benzene rings is 1. The van der Waals surface area contributed by atoms with Crippen LogP contribution in [0, 0.1) is 17.3 Å². The van der Waals surface area contributed by atoms with E-state index in [1.165, 1.54) is 6.07 Å². The Morgan fingerprint density at radius 3 is 2.43 bits per heavy atom. The third kappa shape index (κ3) is 3.76. The third-order valence-electron chi connectivity index (χ3n) is 4.00. The minimum absolute atomic E-state index is 0.277. The summed E-state index contributed by atoms with van der Waals surface area (Å²) < 4.78 is 0. The molecule has 23 heavy (non-hydrogen) atoms. The lowest BCUT2D eigenvalue weighted by Crippen LogP contribution is -2.35. The van der Waals surface area contributed by atoms with Crippen molar-refractivity contribution in [1.82, 2.24) is 5.32 Å². The van der Waals surface area contributed by atoms with Crippen molar-refractivity contribution in [2.75, 3.05) is 11.9 Å². The van der Waals surface area contributed by atoms with Gasteiger partial charge in [-0.05, 0) is 23.6 Å². The highest BCUT2D eigenvalue weighted by atomic mass is 35.5. The van der Waals surface area contributed by atoms with Gasteiger partial charge in [-0.25, -0.2) is 0 Å². The zero-order chi connectivity index (χ0) is 17.4. The summed E-state index contributed by atoms with van der Waals surface area (Å²) in [5.41, 5.74) is -0.267. The molecule has 2 amide bonds. The number of amides is 2. The van der Waals surface area contributed by atoms with Gasteiger partial charge in [-0.1, -0.05) is 37.0 Å². The van der Waals surface area contributed by atoms with Gasteiger partial charge in [0.05, 0.1) is 29.1 Å². The fourth-order valence-corrected chi connectivity index (χ4v) is 2.99. The highest BCUT2D eigenvalue weighted by Crippen LogP contribution is 2.58. The first-order valence-corrected chi connectivity index (χ1v) is 7.65. The van der Waals surface area contributed by atoms with Crippen LogP contribution in [-0.2, 0) is 14.4 Å². The summed E-state index contributed by atoms with van der Waals surface area (Å²) in [6.45, 7) is 3.14. The molecule has 0 spiro atoms. The van der Waals surface area contributed by atoms with Crippen molar-refractivity contribution in [3.05, 3.63) is 28.2 Å². The molecule has 1 saturated carbocycles. The molecule has 124 valence electrons. The summed E-state index contributed by atoms with van der Waals surface area (Å²) in [4.78, 5) is 34.9. The van der Waals surface area contributed by atoms with Gasteiger partial charge < -0.3 is 15.7 Å². The van der Waals surface area contributed by atoms with E-state index < -0.39 is 35.0 Å². The second-order valence-electron chi connectivity index (χ2n) is 6.01. The van der Waals surface area contributed by atoms with Crippen molar-refractivity contribution in [2.24, 2.45) is 17.3 Å². The molecule has 1 aromatic carbocycles. The van der Waals surface area contributed by atoms with Crippen molar-refractivity contribution >= 4 is 46.7 Å². The fraction of sp³-hybridized carbons (Fsp3) is 0.400. The number of hydrogen-bond acceptors (Lipinski definition) is 3. The van der Waals surface area contributed by atoms with Crippen LogP contribution < -0.4 is 10.6 Å². The predicted octanol–water partition coefficient (Wildman–Crippen LogP) is 2.40. The molecule has 1 aliphatic carbocycles. The van der Waals surface area contributed by atoms with Gasteiger partial charge in [0.2, 0.25) is 11.8 Å². The molecule has 6 nitrogen and oxygen atoms in total. The number of aliphatic carboxylic acids is 1. The standard InChI is InChI=1S/C15H16Cl2N2O4/c1-15(2)11(12(15)14(22)23)13(21)18-6-10(20)19-9-5-7(16)3-4-8(9)17/h3-5,11-12H,6H2,1-2H3,(H,18,21)(H,19,20)(H,22,23)/t11-,12+/m1/s1. The lowest BCUT2D eigenvalue weighted by molar-refractivity contribution is -0.140. The van der Waals surface area contributed by atoms with Crippen LogP contribution in [0.5, 0.6) is 0 Å². The van der Waals surface area contributed by atoms with E-state index in [-0.39, 0.29) is 6.54 Å². The Morgan fingerprint density at radius 2 is 1.87 bits per heavy atom. The smallest absolute Gasteiger partial charge is 0.307 e. The number of nitrogens with one attached hydrogen (secondary N) is 2. The van der Waals surface area contributed by atoms with Gasteiger partial charge in [-0.3, -0.25) is 14.4 Å². The van der Waals surface area contributed by atoms with Gasteiger partial charge in [0.15, 0.2) is 0 Å². The Balaban J connectivity index is 1.89. The minimum Gasteiger partial charge on any atom is -0.481 e. The van der Waals surface area contributed by atoms with Crippen LogP contribution in [0.4, 0.5) is 5.69 Å². The summed E-state index contributed by atoms with van der Waals surface area (Å²) >= 11 is 11.7. The summed E-state index contributed by atoms with van der Waals surface area (Å²) in [7, 11) is 0. The van der Waals surface area contributed by atoms with Crippen molar-refractivity contribution in [2.45, 2.75) is 13.8 Å². The van der Waals surface area contributed by atoms with Crippen LogP contribution in [0.25, 0.3) is 0 Å². The maximum atomic E-state index is 12.0. The number of hydrogen-bond donors (Lipinski definition) is 3. The molecule has 0 aliphatic heterocycles. The van der Waals surface area contributed by atoms with E-state index in [1.807, 2.05) is 0 Å². The monoisotopic (exact) mass is 358 g/mol. The Kier molecular flexibility index (Phi) is 4.87. The predicted molar refractivity (Wildman–Crippen MR) is 86.5 cm³/mol. The normalized spacial score (nSPS) is 21.4. The Bertz CT molecular complexity index is 675. The zero-order valence-electron chi connectivity index (χ0n) is 12.5. The van der Waals surface area contributed by atoms with Crippen molar-refractivity contribution < 1.29 is 19.5 Å². The fourth-order valence-electron chi connectivity index (χ4n) is 2.65. The highest BCUT2D eigenvalue weighted by molar-refractivity contribution is 6.35. The van der Waals surface area contributed by atoms with Gasteiger partial charge in [0, 0.05) is 5.02 Å². The first-order valence-electron chi connectivity index (χ1n) is 6.90. The average molecular weight is 359 g/mol. The first kappa shape index (κ1) is 17.6. The van der Waals surface area contributed by atoms with Crippen LogP contribution in [0.15, 0.2) is 18.2 Å². The molecule has 0 heterocycles. The van der Waals surface area contributed by atoms with Crippen LogP contribution in [-0.4, -0.2) is 29.4 Å². The maximum absolute atomic E-state index is 12.0. The molecule has 8 heteroatoms. The van der Waals surface area contributed by atoms with Crippen LogP contribution in [0.3, 0.4) is 0 Å². The molecule has 0 saturated heterocycles. The quantitative estimate of drug-likeness (QED) is 0.752. The third-order valence-corrected chi connectivity index (χ3v) is 4.57. The molecule has 1 aromatic rings. The lowest BCUT2D eigenvalue weighted by Gasteiger charge is -2.09. The SMILES string of the molecule is CC1(C)[C@H](C(=O)O)[C@@H]1C(=O)NCC(=O)Nc1cc(Cl)ccc1Cl. The van der Waals surface area contributed by atoms with E-state index in [0.29, 0.717) is 15.7 Å². The molecular formula is C15H16Cl2N2O4. The minimum atomic E-state index is -1.01. The molecule has 0 unspecified atom stereocenters. The molecule has 1 aliphatic rings. The molecule has 1 fully saturated rings. The number of carbonyl (C=O) groups excluding carboxylic acids is 2. The molecular weight excluding hydrogens is 343 g/mol. The van der Waals surface area contributed by atoms with Crippen molar-refractivity contribution in [3.8, 4) is 0 Å². The van der Waals surface area contributed by atoms with Crippen molar-refractivity contribution in [1.29, 1.82) is 0 Å².